The second-order valence-corrected chi connectivity index (χ2v) is 6.64. The lowest BCUT2D eigenvalue weighted by atomic mass is 9.78. The van der Waals surface area contributed by atoms with Crippen LogP contribution in [0.2, 0.25) is 0 Å². The van der Waals surface area contributed by atoms with Crippen molar-refractivity contribution < 1.29 is 13.7 Å². The summed E-state index contributed by atoms with van der Waals surface area (Å²) in [5, 5.41) is 0. The molecule has 0 spiro atoms. The number of aryl methyl sites for hydroxylation is 1. The van der Waals surface area contributed by atoms with Crippen LogP contribution in [-0.2, 0) is 9.31 Å². The summed E-state index contributed by atoms with van der Waals surface area (Å²) in [7, 11) is -0.692. The molecule has 2 aromatic rings. The number of imidazole rings is 1. The van der Waals surface area contributed by atoms with E-state index in [0.29, 0.717) is 5.46 Å². The third kappa shape index (κ3) is 2.36. The van der Waals surface area contributed by atoms with Crippen molar-refractivity contribution in [2.75, 3.05) is 0 Å². The van der Waals surface area contributed by atoms with Crippen LogP contribution in [0, 0.1) is 12.7 Å². The summed E-state index contributed by atoms with van der Waals surface area (Å²) in [6.07, 6.45) is 3.49. The van der Waals surface area contributed by atoms with Crippen LogP contribution < -0.4 is 5.46 Å². The number of aromatic nitrogens is 2. The average molecular weight is 302 g/mol. The van der Waals surface area contributed by atoms with Crippen LogP contribution in [0.3, 0.4) is 0 Å². The van der Waals surface area contributed by atoms with E-state index >= 15 is 0 Å². The van der Waals surface area contributed by atoms with Crippen molar-refractivity contribution in [2.45, 2.75) is 45.8 Å². The van der Waals surface area contributed by atoms with Crippen molar-refractivity contribution in [3.63, 3.8) is 0 Å². The summed E-state index contributed by atoms with van der Waals surface area (Å²) in [5.41, 5.74) is 0.181. The first-order valence-corrected chi connectivity index (χ1v) is 7.37. The summed E-state index contributed by atoms with van der Waals surface area (Å²) in [4.78, 5) is 4.15. The molecule has 1 aliphatic rings. The Balaban J connectivity index is 1.93. The maximum absolute atomic E-state index is 14.5. The Morgan fingerprint density at radius 3 is 2.27 bits per heavy atom. The Bertz CT molecular complexity index is 696. The second kappa shape index (κ2) is 4.93. The molecule has 1 fully saturated rings. The van der Waals surface area contributed by atoms with E-state index in [2.05, 4.69) is 4.98 Å². The average Bonchev–Trinajstić information content (AvgIpc) is 2.91. The SMILES string of the molecule is Cc1nccn1-c1ccc(B2OC(C)(C)C(C)(C)O2)c(F)c1. The molecule has 1 aromatic carbocycles. The molecule has 116 valence electrons. The van der Waals surface area contributed by atoms with E-state index in [4.69, 9.17) is 9.31 Å². The van der Waals surface area contributed by atoms with Gasteiger partial charge in [0.05, 0.1) is 11.2 Å². The van der Waals surface area contributed by atoms with Gasteiger partial charge >= 0.3 is 7.12 Å². The van der Waals surface area contributed by atoms with Crippen molar-refractivity contribution in [2.24, 2.45) is 0 Å². The highest BCUT2D eigenvalue weighted by molar-refractivity contribution is 6.62. The van der Waals surface area contributed by atoms with E-state index in [1.807, 2.05) is 45.3 Å². The molecular weight excluding hydrogens is 282 g/mol. The van der Waals surface area contributed by atoms with Crippen molar-refractivity contribution in [3.05, 3.63) is 42.2 Å². The Morgan fingerprint density at radius 1 is 1.14 bits per heavy atom. The summed E-state index contributed by atoms with van der Waals surface area (Å²) < 4.78 is 28.2. The van der Waals surface area contributed by atoms with Gasteiger partial charge in [0.25, 0.3) is 0 Å². The fraction of sp³-hybridized carbons (Fsp3) is 0.438. The number of nitrogens with zero attached hydrogens (tertiary/aromatic N) is 2. The lowest BCUT2D eigenvalue weighted by Crippen LogP contribution is -2.41. The first-order valence-electron chi connectivity index (χ1n) is 7.37. The van der Waals surface area contributed by atoms with Gasteiger partial charge in [-0.25, -0.2) is 9.37 Å². The molecule has 1 aromatic heterocycles. The van der Waals surface area contributed by atoms with Crippen molar-refractivity contribution in [3.8, 4) is 5.69 Å². The van der Waals surface area contributed by atoms with Gasteiger partial charge in [-0.05, 0) is 46.8 Å². The molecule has 6 heteroatoms. The molecule has 0 radical (unpaired) electrons. The van der Waals surface area contributed by atoms with E-state index in [1.54, 1.807) is 18.5 Å². The monoisotopic (exact) mass is 302 g/mol. The van der Waals surface area contributed by atoms with Gasteiger partial charge in [-0.3, -0.25) is 0 Å². The highest BCUT2D eigenvalue weighted by Gasteiger charge is 2.52. The van der Waals surface area contributed by atoms with Crippen LogP contribution in [0.15, 0.2) is 30.6 Å². The quantitative estimate of drug-likeness (QED) is 0.800. The summed E-state index contributed by atoms with van der Waals surface area (Å²) >= 11 is 0. The smallest absolute Gasteiger partial charge is 0.399 e. The minimum atomic E-state index is -0.692. The Hall–Kier alpha value is -1.66. The van der Waals surface area contributed by atoms with E-state index < -0.39 is 18.3 Å². The van der Waals surface area contributed by atoms with E-state index in [-0.39, 0.29) is 5.82 Å². The van der Waals surface area contributed by atoms with Gasteiger partial charge in [-0.15, -0.1) is 0 Å². The number of rotatable bonds is 2. The largest absolute Gasteiger partial charge is 0.497 e. The van der Waals surface area contributed by atoms with Gasteiger partial charge in [-0.2, -0.15) is 0 Å². The lowest BCUT2D eigenvalue weighted by Gasteiger charge is -2.32. The number of benzene rings is 1. The van der Waals surface area contributed by atoms with Crippen LogP contribution in [0.5, 0.6) is 0 Å². The molecule has 0 aliphatic carbocycles. The fourth-order valence-corrected chi connectivity index (χ4v) is 2.48. The standard InChI is InChI=1S/C16H20BFN2O2/c1-11-19-8-9-20(11)12-6-7-13(14(18)10-12)17-21-15(2,3)16(4,5)22-17/h6-10H,1-5H3. The van der Waals surface area contributed by atoms with Crippen LogP contribution in [0.4, 0.5) is 4.39 Å². The van der Waals surface area contributed by atoms with Crippen LogP contribution >= 0.6 is 0 Å². The summed E-state index contributed by atoms with van der Waals surface area (Å²) in [6.45, 7) is 9.69. The summed E-state index contributed by atoms with van der Waals surface area (Å²) in [5.74, 6) is 0.465. The Morgan fingerprint density at radius 2 is 1.77 bits per heavy atom. The van der Waals surface area contributed by atoms with Crippen LogP contribution in [0.1, 0.15) is 33.5 Å². The van der Waals surface area contributed by atoms with Crippen LogP contribution in [-0.4, -0.2) is 27.9 Å². The molecule has 2 heterocycles. The predicted octanol–water partition coefficient (Wildman–Crippen LogP) is 2.62. The fourth-order valence-electron chi connectivity index (χ4n) is 2.48. The molecule has 0 unspecified atom stereocenters. The minimum Gasteiger partial charge on any atom is -0.399 e. The third-order valence-corrected chi connectivity index (χ3v) is 4.60. The molecule has 0 N–H and O–H groups in total. The number of hydrogen-bond acceptors (Lipinski definition) is 3. The number of hydrogen-bond donors (Lipinski definition) is 0. The van der Waals surface area contributed by atoms with Gasteiger partial charge < -0.3 is 13.9 Å². The van der Waals surface area contributed by atoms with Crippen molar-refractivity contribution in [1.29, 1.82) is 0 Å². The predicted molar refractivity (Wildman–Crippen MR) is 84.0 cm³/mol. The normalized spacial score (nSPS) is 19.6. The first-order chi connectivity index (χ1) is 10.2. The van der Waals surface area contributed by atoms with Gasteiger partial charge in [0.2, 0.25) is 0 Å². The maximum atomic E-state index is 14.5. The number of halogens is 1. The minimum absolute atomic E-state index is 0.343. The van der Waals surface area contributed by atoms with Crippen molar-refractivity contribution >= 4 is 12.6 Å². The Labute approximate surface area is 130 Å². The van der Waals surface area contributed by atoms with Gasteiger partial charge in [0.1, 0.15) is 11.6 Å². The highest BCUT2D eigenvalue weighted by atomic mass is 19.1. The molecule has 3 rings (SSSR count). The maximum Gasteiger partial charge on any atom is 0.497 e. The summed E-state index contributed by atoms with van der Waals surface area (Å²) in [6, 6.07) is 5.04. The third-order valence-electron chi connectivity index (χ3n) is 4.60. The lowest BCUT2D eigenvalue weighted by molar-refractivity contribution is 0.00578. The van der Waals surface area contributed by atoms with Crippen molar-refractivity contribution in [1.82, 2.24) is 9.55 Å². The molecule has 0 atom stereocenters. The molecule has 4 nitrogen and oxygen atoms in total. The molecule has 0 bridgehead atoms. The molecular formula is C16H20BFN2O2. The second-order valence-electron chi connectivity index (χ2n) is 6.64. The van der Waals surface area contributed by atoms with E-state index in [9.17, 15) is 4.39 Å². The molecule has 1 saturated heterocycles. The van der Waals surface area contributed by atoms with E-state index in [1.165, 1.54) is 6.07 Å². The molecule has 0 amide bonds. The zero-order valence-electron chi connectivity index (χ0n) is 13.6. The molecule has 0 saturated carbocycles. The topological polar surface area (TPSA) is 36.3 Å². The van der Waals surface area contributed by atoms with Gasteiger partial charge in [-0.1, -0.05) is 6.07 Å². The zero-order chi connectivity index (χ0) is 16.1. The molecule has 22 heavy (non-hydrogen) atoms. The zero-order valence-corrected chi connectivity index (χ0v) is 13.6. The van der Waals surface area contributed by atoms with Crippen LogP contribution in [0.25, 0.3) is 5.69 Å². The van der Waals surface area contributed by atoms with Gasteiger partial charge in [0.15, 0.2) is 0 Å². The van der Waals surface area contributed by atoms with E-state index in [0.717, 1.165) is 11.5 Å². The first kappa shape index (κ1) is 15.2. The molecule has 1 aliphatic heterocycles. The highest BCUT2D eigenvalue weighted by Crippen LogP contribution is 2.36. The Kier molecular flexibility index (Phi) is 3.42. The van der Waals surface area contributed by atoms with Gasteiger partial charge in [0, 0.05) is 23.5 Å².